The lowest BCUT2D eigenvalue weighted by molar-refractivity contribution is -0.132. The first-order chi connectivity index (χ1) is 12.0. The van der Waals surface area contributed by atoms with E-state index in [4.69, 9.17) is 20.4 Å². The van der Waals surface area contributed by atoms with Crippen LogP contribution in [0.3, 0.4) is 0 Å². The zero-order chi connectivity index (χ0) is 21.5. The Morgan fingerprint density at radius 1 is 0.615 bits per heavy atom. The number of hydrogen-bond acceptors (Lipinski definition) is 5. The maximum absolute atomic E-state index is 10.2. The van der Waals surface area contributed by atoms with Crippen molar-refractivity contribution in [1.82, 2.24) is 0 Å². The highest BCUT2D eigenvalue weighted by Crippen LogP contribution is 2.11. The minimum absolute atomic E-state index is 0.454. The zero-order valence-electron chi connectivity index (χ0n) is 14.3. The van der Waals surface area contributed by atoms with Gasteiger partial charge in [0.25, 0.3) is 0 Å². The van der Waals surface area contributed by atoms with Crippen molar-refractivity contribution in [1.29, 1.82) is 0 Å². The van der Waals surface area contributed by atoms with Crippen LogP contribution in [0.2, 0.25) is 0 Å². The standard InChI is InChI=1S/C5H8O.4C3H4O2/c6-5-3-1-2-4-5;4*1-2-3(4)5/h1-4H2;4*2H,1H2,(H,4,5). The smallest absolute Gasteiger partial charge is 0.327 e. The van der Waals surface area contributed by atoms with Gasteiger partial charge in [-0.1, -0.05) is 26.3 Å². The molecule has 0 spiro atoms. The van der Waals surface area contributed by atoms with Gasteiger partial charge in [-0.3, -0.25) is 4.79 Å². The monoisotopic (exact) mass is 372 g/mol. The largest absolute Gasteiger partial charge is 0.478 e. The molecule has 0 aromatic heterocycles. The number of carbonyl (C=O) groups is 5. The van der Waals surface area contributed by atoms with E-state index in [-0.39, 0.29) is 0 Å². The molecule has 0 amide bonds. The lowest BCUT2D eigenvalue weighted by Gasteiger charge is -1.71. The van der Waals surface area contributed by atoms with E-state index in [1.165, 1.54) is 0 Å². The number of carboxylic acids is 4. The average molecular weight is 372 g/mol. The van der Waals surface area contributed by atoms with Gasteiger partial charge in [0.05, 0.1) is 0 Å². The number of rotatable bonds is 4. The van der Waals surface area contributed by atoms with Crippen LogP contribution in [0.1, 0.15) is 25.7 Å². The average Bonchev–Trinajstić information content (AvgIpc) is 3.07. The van der Waals surface area contributed by atoms with Crippen LogP contribution < -0.4 is 0 Å². The van der Waals surface area contributed by atoms with Crippen LogP contribution in [0, 0.1) is 0 Å². The van der Waals surface area contributed by atoms with Crippen LogP contribution in [0.4, 0.5) is 0 Å². The Bertz CT molecular complexity index is 424. The summed E-state index contributed by atoms with van der Waals surface area (Å²) in [6.45, 7) is 11.8. The first kappa shape index (κ1) is 30.4. The maximum Gasteiger partial charge on any atom is 0.327 e. The molecule has 0 radical (unpaired) electrons. The highest BCUT2D eigenvalue weighted by atomic mass is 16.4. The molecule has 0 aromatic carbocycles. The van der Waals surface area contributed by atoms with Crippen LogP contribution in [-0.4, -0.2) is 50.1 Å². The van der Waals surface area contributed by atoms with Crippen molar-refractivity contribution in [2.45, 2.75) is 25.7 Å². The molecule has 0 unspecified atom stereocenters. The topological polar surface area (TPSA) is 166 Å². The van der Waals surface area contributed by atoms with Crippen molar-refractivity contribution >= 4 is 29.7 Å². The predicted octanol–water partition coefficient (Wildman–Crippen LogP) is 2.16. The summed E-state index contributed by atoms with van der Waals surface area (Å²) in [6.07, 6.45) is 7.30. The van der Waals surface area contributed by atoms with Crippen LogP contribution in [-0.2, 0) is 24.0 Å². The summed E-state index contributed by atoms with van der Waals surface area (Å²) in [6, 6.07) is 0. The van der Waals surface area contributed by atoms with Crippen LogP contribution in [0.15, 0.2) is 50.6 Å². The van der Waals surface area contributed by atoms with Gasteiger partial charge in [-0.05, 0) is 12.8 Å². The second-order valence-electron chi connectivity index (χ2n) is 3.92. The summed E-state index contributed by atoms with van der Waals surface area (Å²) in [5.41, 5.74) is 0. The van der Waals surface area contributed by atoms with Crippen molar-refractivity contribution in [3.05, 3.63) is 50.6 Å². The highest BCUT2D eigenvalue weighted by Gasteiger charge is 2.07. The number of aliphatic carboxylic acids is 4. The van der Waals surface area contributed by atoms with Gasteiger partial charge in [0, 0.05) is 37.1 Å². The summed E-state index contributed by atoms with van der Waals surface area (Å²) < 4.78 is 0. The quantitative estimate of drug-likeness (QED) is 0.541. The fourth-order valence-electron chi connectivity index (χ4n) is 0.769. The maximum atomic E-state index is 10.2. The fourth-order valence-corrected chi connectivity index (χ4v) is 0.769. The lowest BCUT2D eigenvalue weighted by atomic mass is 10.4. The summed E-state index contributed by atoms with van der Waals surface area (Å²) >= 11 is 0. The first-order valence-corrected chi connectivity index (χ1v) is 6.91. The van der Waals surface area contributed by atoms with Crippen molar-refractivity contribution in [3.8, 4) is 0 Å². The molecule has 0 aromatic rings. The molecule has 1 aliphatic rings. The molecule has 146 valence electrons. The summed E-state index contributed by atoms with van der Waals surface area (Å²) in [5, 5.41) is 30.4. The summed E-state index contributed by atoms with van der Waals surface area (Å²) in [7, 11) is 0. The van der Waals surface area contributed by atoms with Crippen molar-refractivity contribution in [2.75, 3.05) is 0 Å². The molecule has 1 fully saturated rings. The highest BCUT2D eigenvalue weighted by molar-refractivity contribution is 5.80. The molecule has 0 atom stereocenters. The van der Waals surface area contributed by atoms with Gasteiger partial charge in [-0.15, -0.1) is 0 Å². The van der Waals surface area contributed by atoms with E-state index in [1.807, 2.05) is 0 Å². The Labute approximate surface area is 151 Å². The molecular formula is C17H24O9. The van der Waals surface area contributed by atoms with Crippen molar-refractivity contribution < 1.29 is 44.4 Å². The molecule has 0 saturated heterocycles. The van der Waals surface area contributed by atoms with Gasteiger partial charge in [-0.25, -0.2) is 19.2 Å². The van der Waals surface area contributed by atoms with Gasteiger partial charge in [0.2, 0.25) is 0 Å². The van der Waals surface area contributed by atoms with Gasteiger partial charge in [0.15, 0.2) is 0 Å². The second-order valence-corrected chi connectivity index (χ2v) is 3.92. The molecule has 0 heterocycles. The van der Waals surface area contributed by atoms with Crippen molar-refractivity contribution in [3.63, 3.8) is 0 Å². The van der Waals surface area contributed by atoms with E-state index in [1.54, 1.807) is 0 Å². The molecule has 1 saturated carbocycles. The third-order valence-corrected chi connectivity index (χ3v) is 1.86. The van der Waals surface area contributed by atoms with Gasteiger partial charge >= 0.3 is 23.9 Å². The Morgan fingerprint density at radius 2 is 0.769 bits per heavy atom. The minimum atomic E-state index is -0.981. The zero-order valence-corrected chi connectivity index (χ0v) is 14.3. The molecule has 9 heteroatoms. The van der Waals surface area contributed by atoms with Crippen LogP contribution in [0.5, 0.6) is 0 Å². The van der Waals surface area contributed by atoms with Crippen LogP contribution in [0.25, 0.3) is 0 Å². The molecule has 26 heavy (non-hydrogen) atoms. The molecule has 0 aliphatic heterocycles. The number of Topliss-reactive ketones (excluding diaryl/α,β-unsaturated/α-hetero) is 1. The SMILES string of the molecule is C=CC(=O)O.C=CC(=O)O.C=CC(=O)O.C=CC(=O)O.O=C1CCCC1. The predicted molar refractivity (Wildman–Crippen MR) is 94.8 cm³/mol. The molecule has 4 N–H and O–H groups in total. The Morgan fingerprint density at radius 3 is 0.808 bits per heavy atom. The van der Waals surface area contributed by atoms with E-state index in [2.05, 4.69) is 26.3 Å². The van der Waals surface area contributed by atoms with Gasteiger partial charge in [-0.2, -0.15) is 0 Å². The van der Waals surface area contributed by atoms with Crippen molar-refractivity contribution in [2.24, 2.45) is 0 Å². The van der Waals surface area contributed by atoms with E-state index in [0.717, 1.165) is 50.0 Å². The number of carboxylic acid groups (broad SMARTS) is 4. The Kier molecular flexibility index (Phi) is 27.8. The van der Waals surface area contributed by atoms with E-state index >= 15 is 0 Å². The normalized spacial score (nSPS) is 10.1. The molecule has 9 nitrogen and oxygen atoms in total. The minimum Gasteiger partial charge on any atom is -0.478 e. The third-order valence-electron chi connectivity index (χ3n) is 1.86. The summed E-state index contributed by atoms with van der Waals surface area (Å²) in [4.78, 5) is 47.2. The second kappa shape index (κ2) is 23.8. The number of hydrogen-bond donors (Lipinski definition) is 4. The van der Waals surface area contributed by atoms with Gasteiger partial charge in [0.1, 0.15) is 5.78 Å². The third kappa shape index (κ3) is 58.9. The fraction of sp³-hybridized carbons (Fsp3) is 0.235. The first-order valence-electron chi connectivity index (χ1n) is 6.91. The van der Waals surface area contributed by atoms with Crippen LogP contribution >= 0.6 is 0 Å². The number of carbonyl (C=O) groups excluding carboxylic acids is 1. The Hall–Kier alpha value is -3.49. The van der Waals surface area contributed by atoms with E-state index in [0.29, 0.717) is 5.78 Å². The molecule has 1 rings (SSSR count). The Balaban J connectivity index is -0.000000117. The van der Waals surface area contributed by atoms with Gasteiger partial charge < -0.3 is 20.4 Å². The molecular weight excluding hydrogens is 348 g/mol. The summed E-state index contributed by atoms with van der Waals surface area (Å²) in [5.74, 6) is -3.47. The molecule has 0 bridgehead atoms. The van der Waals surface area contributed by atoms with E-state index in [9.17, 15) is 24.0 Å². The number of ketones is 1. The molecule has 1 aliphatic carbocycles. The lowest BCUT2D eigenvalue weighted by Crippen LogP contribution is -1.82. The van der Waals surface area contributed by atoms with E-state index < -0.39 is 23.9 Å².